The third-order valence-corrected chi connectivity index (χ3v) is 2.99. The van der Waals surface area contributed by atoms with Crippen LogP contribution in [0.2, 0.25) is 0 Å². The SMILES string of the molecule is CCc1cc(CO[C@@H]2CCNC2)ccc1F. The van der Waals surface area contributed by atoms with E-state index < -0.39 is 0 Å². The van der Waals surface area contributed by atoms with E-state index in [9.17, 15) is 4.39 Å². The van der Waals surface area contributed by atoms with E-state index in [1.54, 1.807) is 6.07 Å². The molecular formula is C13H18FNO. The first-order valence-corrected chi connectivity index (χ1v) is 5.89. The number of nitrogens with one attached hydrogen (secondary N) is 1. The Morgan fingerprint density at radius 3 is 3.06 bits per heavy atom. The van der Waals surface area contributed by atoms with Crippen molar-refractivity contribution in [1.29, 1.82) is 0 Å². The van der Waals surface area contributed by atoms with Crippen LogP contribution in [0.5, 0.6) is 0 Å². The molecule has 1 N–H and O–H groups in total. The Bertz CT molecular complexity index is 348. The maximum atomic E-state index is 13.3. The van der Waals surface area contributed by atoms with Gasteiger partial charge in [0.15, 0.2) is 0 Å². The van der Waals surface area contributed by atoms with Gasteiger partial charge in [-0.25, -0.2) is 4.39 Å². The van der Waals surface area contributed by atoms with Crippen molar-refractivity contribution in [2.45, 2.75) is 32.5 Å². The van der Waals surface area contributed by atoms with Crippen molar-refractivity contribution in [3.8, 4) is 0 Å². The lowest BCUT2D eigenvalue weighted by atomic mass is 10.1. The van der Waals surface area contributed by atoms with Crippen LogP contribution in [-0.2, 0) is 17.8 Å². The Labute approximate surface area is 95.8 Å². The second kappa shape index (κ2) is 5.41. The van der Waals surface area contributed by atoms with Gasteiger partial charge in [0.2, 0.25) is 0 Å². The normalized spacial score (nSPS) is 20.2. The van der Waals surface area contributed by atoms with Crippen molar-refractivity contribution in [1.82, 2.24) is 5.32 Å². The van der Waals surface area contributed by atoms with Crippen molar-refractivity contribution in [3.63, 3.8) is 0 Å². The molecule has 1 aromatic carbocycles. The van der Waals surface area contributed by atoms with Crippen LogP contribution in [0.15, 0.2) is 18.2 Å². The van der Waals surface area contributed by atoms with E-state index in [1.165, 1.54) is 6.07 Å². The molecule has 1 aliphatic heterocycles. The number of aryl methyl sites for hydroxylation is 1. The molecule has 3 heteroatoms. The zero-order valence-corrected chi connectivity index (χ0v) is 9.63. The van der Waals surface area contributed by atoms with Crippen LogP contribution in [0.3, 0.4) is 0 Å². The van der Waals surface area contributed by atoms with E-state index in [2.05, 4.69) is 5.32 Å². The first-order chi connectivity index (χ1) is 7.79. The fraction of sp³-hybridized carbons (Fsp3) is 0.538. The molecule has 16 heavy (non-hydrogen) atoms. The van der Waals surface area contributed by atoms with E-state index >= 15 is 0 Å². The third kappa shape index (κ3) is 2.80. The summed E-state index contributed by atoms with van der Waals surface area (Å²) in [6.45, 7) is 4.51. The minimum atomic E-state index is -0.117. The lowest BCUT2D eigenvalue weighted by Gasteiger charge is -2.11. The number of hydrogen-bond donors (Lipinski definition) is 1. The Balaban J connectivity index is 1.93. The first-order valence-electron chi connectivity index (χ1n) is 5.89. The molecular weight excluding hydrogens is 205 g/mol. The van der Waals surface area contributed by atoms with Crippen molar-refractivity contribution in [2.24, 2.45) is 0 Å². The number of rotatable bonds is 4. The molecule has 0 amide bonds. The maximum Gasteiger partial charge on any atom is 0.126 e. The highest BCUT2D eigenvalue weighted by Crippen LogP contribution is 2.14. The average molecular weight is 223 g/mol. The number of hydrogen-bond acceptors (Lipinski definition) is 2. The Morgan fingerprint density at radius 2 is 2.38 bits per heavy atom. The fourth-order valence-corrected chi connectivity index (χ4v) is 1.97. The molecule has 2 nitrogen and oxygen atoms in total. The first kappa shape index (κ1) is 11.6. The summed E-state index contributed by atoms with van der Waals surface area (Å²) in [5.41, 5.74) is 1.83. The molecule has 1 atom stereocenters. The minimum Gasteiger partial charge on any atom is -0.372 e. The van der Waals surface area contributed by atoms with E-state index in [4.69, 9.17) is 4.74 Å². The quantitative estimate of drug-likeness (QED) is 0.845. The van der Waals surface area contributed by atoms with Crippen molar-refractivity contribution in [2.75, 3.05) is 13.1 Å². The van der Waals surface area contributed by atoms with Gasteiger partial charge >= 0.3 is 0 Å². The van der Waals surface area contributed by atoms with Crippen LogP contribution in [0.25, 0.3) is 0 Å². The predicted molar refractivity (Wildman–Crippen MR) is 61.8 cm³/mol. The molecule has 88 valence electrons. The number of halogens is 1. The summed E-state index contributed by atoms with van der Waals surface area (Å²) < 4.78 is 19.0. The summed E-state index contributed by atoms with van der Waals surface area (Å²) in [5, 5.41) is 3.26. The summed E-state index contributed by atoms with van der Waals surface area (Å²) in [6, 6.07) is 5.24. The Kier molecular flexibility index (Phi) is 3.91. The fourth-order valence-electron chi connectivity index (χ4n) is 1.97. The third-order valence-electron chi connectivity index (χ3n) is 2.99. The van der Waals surface area contributed by atoms with Gasteiger partial charge in [0, 0.05) is 6.54 Å². The summed E-state index contributed by atoms with van der Waals surface area (Å²) in [6.07, 6.45) is 2.11. The highest BCUT2D eigenvalue weighted by atomic mass is 19.1. The lowest BCUT2D eigenvalue weighted by Crippen LogP contribution is -2.16. The van der Waals surface area contributed by atoms with E-state index in [-0.39, 0.29) is 5.82 Å². The molecule has 2 rings (SSSR count). The van der Waals surface area contributed by atoms with Crippen LogP contribution in [-0.4, -0.2) is 19.2 Å². The van der Waals surface area contributed by atoms with Crippen LogP contribution in [0.4, 0.5) is 4.39 Å². The topological polar surface area (TPSA) is 21.3 Å². The van der Waals surface area contributed by atoms with Crippen LogP contribution >= 0.6 is 0 Å². The molecule has 1 fully saturated rings. The van der Waals surface area contributed by atoms with Gasteiger partial charge in [0.1, 0.15) is 5.82 Å². The van der Waals surface area contributed by atoms with Gasteiger partial charge in [-0.2, -0.15) is 0 Å². The van der Waals surface area contributed by atoms with Gasteiger partial charge in [-0.1, -0.05) is 19.1 Å². The molecule has 0 unspecified atom stereocenters. The predicted octanol–water partition coefficient (Wildman–Crippen LogP) is 2.27. The maximum absolute atomic E-state index is 13.3. The molecule has 1 aromatic rings. The highest BCUT2D eigenvalue weighted by molar-refractivity contribution is 5.24. The molecule has 1 saturated heterocycles. The van der Waals surface area contributed by atoms with E-state index in [0.29, 0.717) is 12.7 Å². The van der Waals surface area contributed by atoms with Gasteiger partial charge in [0.25, 0.3) is 0 Å². The molecule has 0 aromatic heterocycles. The smallest absolute Gasteiger partial charge is 0.126 e. The van der Waals surface area contributed by atoms with Crippen molar-refractivity contribution >= 4 is 0 Å². The molecule has 0 bridgehead atoms. The van der Waals surface area contributed by atoms with Crippen LogP contribution in [0, 0.1) is 5.82 Å². The molecule has 0 radical (unpaired) electrons. The number of benzene rings is 1. The van der Waals surface area contributed by atoms with Gasteiger partial charge in [0.05, 0.1) is 12.7 Å². The zero-order valence-electron chi connectivity index (χ0n) is 9.63. The average Bonchev–Trinajstić information content (AvgIpc) is 2.81. The summed E-state index contributed by atoms with van der Waals surface area (Å²) in [5.74, 6) is -0.117. The van der Waals surface area contributed by atoms with Gasteiger partial charge < -0.3 is 10.1 Å². The van der Waals surface area contributed by atoms with Crippen LogP contribution in [0.1, 0.15) is 24.5 Å². The summed E-state index contributed by atoms with van der Waals surface area (Å²) >= 11 is 0. The summed E-state index contributed by atoms with van der Waals surface area (Å²) in [4.78, 5) is 0. The Hall–Kier alpha value is -0.930. The minimum absolute atomic E-state index is 0.117. The van der Waals surface area contributed by atoms with Crippen LogP contribution < -0.4 is 5.32 Å². The van der Waals surface area contributed by atoms with Gasteiger partial charge in [-0.3, -0.25) is 0 Å². The molecule has 1 heterocycles. The van der Waals surface area contributed by atoms with E-state index in [1.807, 2.05) is 13.0 Å². The Morgan fingerprint density at radius 1 is 1.50 bits per heavy atom. The zero-order chi connectivity index (χ0) is 11.4. The molecule has 1 aliphatic rings. The second-order valence-electron chi connectivity index (χ2n) is 4.21. The van der Waals surface area contributed by atoms with Crippen molar-refractivity contribution in [3.05, 3.63) is 35.1 Å². The van der Waals surface area contributed by atoms with Gasteiger partial charge in [-0.05, 0) is 36.6 Å². The van der Waals surface area contributed by atoms with Crippen molar-refractivity contribution < 1.29 is 9.13 Å². The monoisotopic (exact) mass is 223 g/mol. The largest absolute Gasteiger partial charge is 0.372 e. The molecule has 0 aliphatic carbocycles. The molecule has 0 spiro atoms. The van der Waals surface area contributed by atoms with Gasteiger partial charge in [-0.15, -0.1) is 0 Å². The second-order valence-corrected chi connectivity index (χ2v) is 4.21. The standard InChI is InChI=1S/C13H18FNO/c1-2-11-7-10(3-4-13(11)14)9-16-12-5-6-15-8-12/h3-4,7,12,15H,2,5-6,8-9H2,1H3/t12-/m1/s1. The number of ether oxygens (including phenoxy) is 1. The van der Waals surface area contributed by atoms with E-state index in [0.717, 1.165) is 37.1 Å². The highest BCUT2D eigenvalue weighted by Gasteiger charge is 2.14. The lowest BCUT2D eigenvalue weighted by molar-refractivity contribution is 0.0541. The summed E-state index contributed by atoms with van der Waals surface area (Å²) in [7, 11) is 0. The molecule has 0 saturated carbocycles.